The summed E-state index contributed by atoms with van der Waals surface area (Å²) in [7, 11) is 0. The summed E-state index contributed by atoms with van der Waals surface area (Å²) in [5.41, 5.74) is 0.829. The largest absolute Gasteiger partial charge is 0.368 e. The molecule has 1 aliphatic heterocycles. The second-order valence-electron chi connectivity index (χ2n) is 9.70. The van der Waals surface area contributed by atoms with Gasteiger partial charge in [-0.3, -0.25) is 9.59 Å². The van der Waals surface area contributed by atoms with Crippen LogP contribution in [0.3, 0.4) is 0 Å². The molecule has 1 aromatic heterocycles. The third-order valence-electron chi connectivity index (χ3n) is 7.57. The maximum Gasteiger partial charge on any atom is 0.242 e. The number of aromatic nitrogens is 1. The fraction of sp³-hybridized carbons (Fsp3) is 0.682. The summed E-state index contributed by atoms with van der Waals surface area (Å²) >= 11 is 6.85. The Kier molecular flexibility index (Phi) is 4.72. The van der Waals surface area contributed by atoms with E-state index in [1.165, 1.54) is 12.1 Å². The van der Waals surface area contributed by atoms with Gasteiger partial charge in [-0.2, -0.15) is 0 Å². The van der Waals surface area contributed by atoms with E-state index in [9.17, 15) is 9.59 Å². The number of nitrogens with one attached hydrogen (secondary N) is 2. The van der Waals surface area contributed by atoms with E-state index in [-0.39, 0.29) is 28.6 Å². The highest BCUT2D eigenvalue weighted by Crippen LogP contribution is 2.63. The van der Waals surface area contributed by atoms with Gasteiger partial charge in [0.05, 0.1) is 12.0 Å². The van der Waals surface area contributed by atoms with Crippen molar-refractivity contribution in [2.75, 3.05) is 37.6 Å². The third-order valence-corrected chi connectivity index (χ3v) is 8.01. The normalized spacial score (nSPS) is 35.6. The van der Waals surface area contributed by atoms with Crippen LogP contribution in [0.4, 0.5) is 5.69 Å². The Balaban J connectivity index is 1.14. The topological polar surface area (TPSA) is 66.8 Å². The summed E-state index contributed by atoms with van der Waals surface area (Å²) in [6.45, 7) is 3.10. The molecule has 6 rings (SSSR count). The maximum absolute atomic E-state index is 13.1. The molecule has 0 spiro atoms. The molecule has 5 fully saturated rings. The maximum atomic E-state index is 13.1. The van der Waals surface area contributed by atoms with Crippen LogP contribution in [0.5, 0.6) is 0 Å². The zero-order valence-corrected chi connectivity index (χ0v) is 17.6. The average molecular weight is 418 g/mol. The molecule has 4 atom stereocenters. The number of nitrogens with zero attached hydrogens (tertiary/aromatic N) is 2. The first-order valence-corrected chi connectivity index (χ1v) is 11.3. The minimum Gasteiger partial charge on any atom is -0.368 e. The molecule has 6 nitrogen and oxygen atoms in total. The van der Waals surface area contributed by atoms with Crippen molar-refractivity contribution in [3.05, 3.63) is 24.5 Å². The second-order valence-corrected chi connectivity index (χ2v) is 10.5. The van der Waals surface area contributed by atoms with E-state index in [0.717, 1.165) is 45.2 Å². The second kappa shape index (κ2) is 7.15. The summed E-state index contributed by atoms with van der Waals surface area (Å²) < 4.78 is 0. The van der Waals surface area contributed by atoms with Crippen molar-refractivity contribution in [2.45, 2.75) is 43.4 Å². The molecule has 0 radical (unpaired) electrons. The van der Waals surface area contributed by atoms with Gasteiger partial charge in [0.25, 0.3) is 0 Å². The molecule has 4 aliphatic carbocycles. The van der Waals surface area contributed by atoms with E-state index >= 15 is 0 Å². The van der Waals surface area contributed by atoms with E-state index in [1.807, 2.05) is 29.4 Å². The fourth-order valence-electron chi connectivity index (χ4n) is 6.67. The number of halogens is 1. The van der Waals surface area contributed by atoms with Crippen LogP contribution in [0.2, 0.25) is 0 Å². The van der Waals surface area contributed by atoms with Crippen molar-refractivity contribution < 1.29 is 14.6 Å². The van der Waals surface area contributed by atoms with E-state index in [4.69, 9.17) is 11.6 Å². The van der Waals surface area contributed by atoms with Crippen LogP contribution in [0, 0.1) is 17.3 Å². The lowest BCUT2D eigenvalue weighted by molar-refractivity contribution is -0.377. The molecule has 1 aromatic rings. The number of carbonyl (C=O) groups excluding carboxylic acids is 2. The number of amides is 2. The van der Waals surface area contributed by atoms with E-state index in [1.54, 1.807) is 0 Å². The molecule has 2 unspecified atom stereocenters. The smallest absolute Gasteiger partial charge is 0.242 e. The molecule has 4 saturated carbocycles. The van der Waals surface area contributed by atoms with E-state index in [2.05, 4.69) is 15.2 Å². The standard InChI is InChI=1S/C22H29ClN4O2/c23-22-12-16-9-17(13-22)11-21(10-16,15-22)20(29)25-14-19(28)27-7-5-26(6-8-27)18-1-3-24-4-2-18/h1-4,16-17H,5-15H2,(H,25,29)/p+1/t16-,17+,21?,22?. The van der Waals surface area contributed by atoms with Crippen LogP contribution >= 0.6 is 11.6 Å². The predicted molar refractivity (Wildman–Crippen MR) is 110 cm³/mol. The first kappa shape index (κ1) is 19.2. The number of hydrogen-bond donors (Lipinski definition) is 1. The molecule has 4 bridgehead atoms. The highest BCUT2D eigenvalue weighted by Gasteiger charge is 2.60. The quantitative estimate of drug-likeness (QED) is 0.760. The van der Waals surface area contributed by atoms with Gasteiger partial charge >= 0.3 is 0 Å². The number of aromatic amines is 1. The zero-order chi connectivity index (χ0) is 20.1. The fourth-order valence-corrected chi connectivity index (χ4v) is 7.37. The molecule has 29 heavy (non-hydrogen) atoms. The first-order valence-electron chi connectivity index (χ1n) is 10.9. The number of rotatable bonds is 4. The van der Waals surface area contributed by atoms with Gasteiger partial charge in [-0.25, -0.2) is 4.98 Å². The third kappa shape index (κ3) is 3.60. The lowest BCUT2D eigenvalue weighted by atomic mass is 9.49. The van der Waals surface area contributed by atoms with Crippen LogP contribution in [0.15, 0.2) is 24.5 Å². The summed E-state index contributed by atoms with van der Waals surface area (Å²) in [5.74, 6) is 1.24. The summed E-state index contributed by atoms with van der Waals surface area (Å²) in [5, 5.41) is 2.99. The summed E-state index contributed by atoms with van der Waals surface area (Å²) in [6, 6.07) is 4.10. The van der Waals surface area contributed by atoms with E-state index in [0.29, 0.717) is 24.9 Å². The van der Waals surface area contributed by atoms with Gasteiger partial charge in [0.15, 0.2) is 12.4 Å². The van der Waals surface area contributed by atoms with Gasteiger partial charge in [-0.15, -0.1) is 11.6 Å². The van der Waals surface area contributed by atoms with E-state index < -0.39 is 0 Å². The van der Waals surface area contributed by atoms with Crippen molar-refractivity contribution in [1.29, 1.82) is 0 Å². The number of hydrogen-bond acceptors (Lipinski definition) is 3. The van der Waals surface area contributed by atoms with Crippen molar-refractivity contribution in [3.8, 4) is 0 Å². The van der Waals surface area contributed by atoms with Gasteiger partial charge in [-0.1, -0.05) is 0 Å². The highest BCUT2D eigenvalue weighted by atomic mass is 35.5. The van der Waals surface area contributed by atoms with Gasteiger partial charge < -0.3 is 15.1 Å². The Morgan fingerprint density at radius 1 is 1.07 bits per heavy atom. The number of H-pyrrole nitrogens is 1. The molecule has 2 heterocycles. The van der Waals surface area contributed by atoms with Crippen molar-refractivity contribution in [1.82, 2.24) is 10.2 Å². The van der Waals surface area contributed by atoms with Crippen LogP contribution in [0.25, 0.3) is 0 Å². The van der Waals surface area contributed by atoms with Crippen LogP contribution < -0.4 is 15.2 Å². The number of pyridine rings is 1. The molecular formula is C22H30ClN4O2+. The molecule has 7 heteroatoms. The number of anilines is 1. The number of carbonyl (C=O) groups is 2. The number of piperazine rings is 1. The molecule has 1 saturated heterocycles. The minimum absolute atomic E-state index is 0.0183. The summed E-state index contributed by atoms with van der Waals surface area (Å²) in [6.07, 6.45) is 9.85. The molecule has 156 valence electrons. The molecule has 0 aromatic carbocycles. The van der Waals surface area contributed by atoms with Crippen LogP contribution in [-0.2, 0) is 9.59 Å². The Labute approximate surface area is 177 Å². The summed E-state index contributed by atoms with van der Waals surface area (Å²) in [4.78, 5) is 32.8. The molecule has 2 N–H and O–H groups in total. The van der Waals surface area contributed by atoms with Gasteiger partial charge in [0.2, 0.25) is 11.8 Å². The first-order chi connectivity index (χ1) is 13.9. The SMILES string of the molecule is O=C(CNC(=O)C12C[C@@H]3C[C@@H](CC(Cl)(C3)C1)C2)N1CCN(c2cc[nH+]cc2)CC1. The Bertz CT molecular complexity index is 779. The lowest BCUT2D eigenvalue weighted by Gasteiger charge is -2.59. The van der Waals surface area contributed by atoms with Gasteiger partial charge in [0.1, 0.15) is 0 Å². The van der Waals surface area contributed by atoms with Crippen LogP contribution in [-0.4, -0.2) is 54.3 Å². The zero-order valence-electron chi connectivity index (χ0n) is 16.8. The monoisotopic (exact) mass is 417 g/mol. The van der Waals surface area contributed by atoms with Gasteiger partial charge in [0, 0.05) is 48.9 Å². The highest BCUT2D eigenvalue weighted by molar-refractivity contribution is 6.24. The lowest BCUT2D eigenvalue weighted by Crippen LogP contribution is -2.59. The van der Waals surface area contributed by atoms with Crippen LogP contribution in [0.1, 0.15) is 38.5 Å². The minimum atomic E-state index is -0.338. The Morgan fingerprint density at radius 2 is 1.72 bits per heavy atom. The van der Waals surface area contributed by atoms with Crippen molar-refractivity contribution in [3.63, 3.8) is 0 Å². The van der Waals surface area contributed by atoms with Crippen molar-refractivity contribution >= 4 is 29.1 Å². The van der Waals surface area contributed by atoms with Crippen molar-refractivity contribution in [2.24, 2.45) is 17.3 Å². The average Bonchev–Trinajstić information content (AvgIpc) is 2.70. The molecule has 2 amide bonds. The Morgan fingerprint density at radius 3 is 2.34 bits per heavy atom. The Hall–Kier alpha value is -1.82. The van der Waals surface area contributed by atoms with Gasteiger partial charge in [-0.05, 0) is 50.4 Å². The molecule has 5 aliphatic rings. The number of alkyl halides is 1. The predicted octanol–water partition coefficient (Wildman–Crippen LogP) is 1.84. The molecular weight excluding hydrogens is 388 g/mol.